The van der Waals surface area contributed by atoms with Crippen LogP contribution in [0.3, 0.4) is 0 Å². The smallest absolute Gasteiger partial charge is 0.355 e. The number of hydrogen-bond donors (Lipinski definition) is 3. The first-order valence-corrected chi connectivity index (χ1v) is 17.1. The van der Waals surface area contributed by atoms with Gasteiger partial charge in [-0.25, -0.2) is 14.4 Å². The van der Waals surface area contributed by atoms with Crippen LogP contribution in [0.5, 0.6) is 0 Å². The van der Waals surface area contributed by atoms with E-state index in [0.29, 0.717) is 29.1 Å². The predicted octanol–water partition coefficient (Wildman–Crippen LogP) is 5.38. The number of cyclic esters (lactones) is 1. The summed E-state index contributed by atoms with van der Waals surface area (Å²) < 4.78 is 23.3. The SMILES string of the molecule is CO[C@H]1CC2C=CC([C@H]3C[C@H](O)[C@@H](C)[C@H]3OC(=O)c3ccc[nH]3)C[C@]2(O)/C(C)=C/[C@@H](C)[C@@H]([C@@H](C)OC(=O)c2ccc(CCl)cc2)OC1=O. The monoisotopic (exact) mass is 683 g/mol. The zero-order valence-electron chi connectivity index (χ0n) is 28.0. The highest BCUT2D eigenvalue weighted by atomic mass is 35.5. The lowest BCUT2D eigenvalue weighted by Gasteiger charge is -2.45. The molecule has 1 fully saturated rings. The first-order chi connectivity index (χ1) is 22.9. The summed E-state index contributed by atoms with van der Waals surface area (Å²) in [5.74, 6) is -3.07. The number of H-pyrrole nitrogens is 1. The van der Waals surface area contributed by atoms with Gasteiger partial charge in [-0.15, -0.1) is 11.6 Å². The fourth-order valence-electron chi connectivity index (χ4n) is 7.56. The van der Waals surface area contributed by atoms with E-state index in [-0.39, 0.29) is 30.6 Å². The van der Waals surface area contributed by atoms with Crippen molar-refractivity contribution in [3.05, 3.63) is 83.2 Å². The van der Waals surface area contributed by atoms with Crippen molar-refractivity contribution in [2.24, 2.45) is 29.6 Å². The highest BCUT2D eigenvalue weighted by Crippen LogP contribution is 2.48. The molecule has 0 bridgehead atoms. The Labute approximate surface area is 286 Å². The number of aliphatic hydroxyl groups is 2. The van der Waals surface area contributed by atoms with E-state index in [1.807, 2.05) is 39.0 Å². The topological polar surface area (TPSA) is 144 Å². The third-order valence-corrected chi connectivity index (χ3v) is 10.8. The van der Waals surface area contributed by atoms with Gasteiger partial charge in [0.1, 0.15) is 24.0 Å². The molecule has 260 valence electrons. The number of rotatable bonds is 8. The normalized spacial score (nSPS) is 35.5. The number of aromatic nitrogens is 1. The second-order valence-electron chi connectivity index (χ2n) is 13.6. The number of carbonyl (C=O) groups is 3. The number of hydrogen-bond acceptors (Lipinski definition) is 9. The molecule has 1 aliphatic heterocycles. The molecule has 2 heterocycles. The van der Waals surface area contributed by atoms with Crippen LogP contribution in [-0.4, -0.2) is 76.3 Å². The average molecular weight is 684 g/mol. The number of ether oxygens (including phenoxy) is 4. The van der Waals surface area contributed by atoms with Gasteiger partial charge in [0, 0.05) is 42.9 Å². The second-order valence-corrected chi connectivity index (χ2v) is 13.8. The van der Waals surface area contributed by atoms with Gasteiger partial charge in [-0.1, -0.05) is 44.2 Å². The van der Waals surface area contributed by atoms with E-state index in [9.17, 15) is 24.6 Å². The van der Waals surface area contributed by atoms with E-state index in [1.165, 1.54) is 7.11 Å². The quantitative estimate of drug-likeness (QED) is 0.145. The maximum Gasteiger partial charge on any atom is 0.355 e. The van der Waals surface area contributed by atoms with E-state index >= 15 is 0 Å². The molecule has 0 radical (unpaired) electrons. The standard InChI is InChI=1S/C37H46ClNO9/c1-20-15-21(2)37(44)18-26(28-17-30(40)22(3)33(28)48-35(42)29-7-6-14-39-29)12-13-27(37)16-31(45-5)36(43)47-32(20)23(4)46-34(41)25-10-8-24(19-38)9-11-25/h6-15,20,22-23,26-28,30-33,39-40,44H,16-19H2,1-5H3/b21-15+/t20-,22-,23-,26?,27?,28-,30+,31+,32+,33-,37+/m1/s1. The van der Waals surface area contributed by atoms with Gasteiger partial charge in [0.15, 0.2) is 6.10 Å². The Hall–Kier alpha value is -3.44. The Bertz CT molecular complexity index is 1500. The molecule has 48 heavy (non-hydrogen) atoms. The van der Waals surface area contributed by atoms with Crippen molar-refractivity contribution in [2.45, 2.75) is 89.0 Å². The van der Waals surface area contributed by atoms with Crippen molar-refractivity contribution in [1.82, 2.24) is 4.98 Å². The third kappa shape index (κ3) is 7.42. The molecule has 3 aliphatic rings. The van der Waals surface area contributed by atoms with Gasteiger partial charge in [0.25, 0.3) is 0 Å². The van der Waals surface area contributed by atoms with Crippen molar-refractivity contribution < 1.29 is 43.5 Å². The Balaban J connectivity index is 1.40. The van der Waals surface area contributed by atoms with Crippen LogP contribution >= 0.6 is 11.6 Å². The molecule has 2 aromatic rings. The molecule has 11 heteroatoms. The van der Waals surface area contributed by atoms with Gasteiger partial charge in [-0.3, -0.25) is 0 Å². The Morgan fingerprint density at radius 1 is 1.12 bits per heavy atom. The van der Waals surface area contributed by atoms with Crippen LogP contribution in [0, 0.1) is 29.6 Å². The lowest BCUT2D eigenvalue weighted by atomic mass is 9.65. The molecule has 3 N–H and O–H groups in total. The summed E-state index contributed by atoms with van der Waals surface area (Å²) in [6, 6.07) is 10.1. The zero-order chi connectivity index (χ0) is 34.7. The van der Waals surface area contributed by atoms with Crippen molar-refractivity contribution >= 4 is 29.5 Å². The van der Waals surface area contributed by atoms with Gasteiger partial charge in [-0.2, -0.15) is 0 Å². The lowest BCUT2D eigenvalue weighted by Crippen LogP contribution is -2.49. The van der Waals surface area contributed by atoms with E-state index < -0.39 is 65.9 Å². The van der Waals surface area contributed by atoms with Crippen LogP contribution in [0.4, 0.5) is 0 Å². The van der Waals surface area contributed by atoms with E-state index in [0.717, 1.165) is 5.56 Å². The molecule has 10 nitrogen and oxygen atoms in total. The van der Waals surface area contributed by atoms with E-state index in [1.54, 1.807) is 49.5 Å². The van der Waals surface area contributed by atoms with Gasteiger partial charge < -0.3 is 34.1 Å². The van der Waals surface area contributed by atoms with Crippen molar-refractivity contribution in [2.75, 3.05) is 7.11 Å². The molecule has 1 aromatic carbocycles. The molecular weight excluding hydrogens is 638 g/mol. The number of benzene rings is 1. The average Bonchev–Trinajstić information content (AvgIpc) is 3.71. The number of alkyl halides is 1. The number of fused-ring (bicyclic) bond motifs is 1. The van der Waals surface area contributed by atoms with Gasteiger partial charge in [-0.05, 0) is 74.4 Å². The highest BCUT2D eigenvalue weighted by Gasteiger charge is 2.51. The molecule has 2 unspecified atom stereocenters. The number of allylic oxidation sites excluding steroid dienone is 1. The Morgan fingerprint density at radius 2 is 1.85 bits per heavy atom. The molecule has 2 aliphatic carbocycles. The molecule has 0 saturated heterocycles. The zero-order valence-corrected chi connectivity index (χ0v) is 28.8. The van der Waals surface area contributed by atoms with Crippen LogP contribution < -0.4 is 0 Å². The Kier molecular flexibility index (Phi) is 11.2. The van der Waals surface area contributed by atoms with Crippen LogP contribution in [0.1, 0.15) is 73.4 Å². The maximum absolute atomic E-state index is 13.5. The summed E-state index contributed by atoms with van der Waals surface area (Å²) in [4.78, 5) is 42.3. The Morgan fingerprint density at radius 3 is 2.50 bits per heavy atom. The molecule has 0 amide bonds. The minimum Gasteiger partial charge on any atom is -0.457 e. The van der Waals surface area contributed by atoms with Crippen LogP contribution in [-0.2, 0) is 29.6 Å². The molecule has 1 saturated carbocycles. The predicted molar refractivity (Wildman–Crippen MR) is 178 cm³/mol. The summed E-state index contributed by atoms with van der Waals surface area (Å²) in [6.07, 6.45) is 4.36. The largest absolute Gasteiger partial charge is 0.457 e. The second kappa shape index (κ2) is 15.0. The summed E-state index contributed by atoms with van der Waals surface area (Å²) in [5.41, 5.74) is 0.827. The summed E-state index contributed by atoms with van der Waals surface area (Å²) in [5, 5.41) is 23.4. The molecule has 11 atom stereocenters. The maximum atomic E-state index is 13.5. The lowest BCUT2D eigenvalue weighted by molar-refractivity contribution is -0.171. The first-order valence-electron chi connectivity index (χ1n) is 16.6. The van der Waals surface area contributed by atoms with Crippen molar-refractivity contribution in [3.63, 3.8) is 0 Å². The number of aliphatic hydroxyl groups excluding tert-OH is 1. The number of methoxy groups -OCH3 is 1. The van der Waals surface area contributed by atoms with Gasteiger partial charge in [0.2, 0.25) is 0 Å². The summed E-state index contributed by atoms with van der Waals surface area (Å²) >= 11 is 5.88. The summed E-state index contributed by atoms with van der Waals surface area (Å²) in [6.45, 7) is 7.25. The number of esters is 3. The van der Waals surface area contributed by atoms with Gasteiger partial charge in [0.05, 0.1) is 17.3 Å². The fraction of sp³-hybridized carbons (Fsp3) is 0.541. The summed E-state index contributed by atoms with van der Waals surface area (Å²) in [7, 11) is 1.42. The number of nitrogens with one attached hydrogen (secondary N) is 1. The number of halogens is 1. The van der Waals surface area contributed by atoms with Crippen LogP contribution in [0.15, 0.2) is 66.4 Å². The minimum absolute atomic E-state index is 0.150. The molecule has 1 aromatic heterocycles. The fourth-order valence-corrected chi connectivity index (χ4v) is 7.74. The van der Waals surface area contributed by atoms with Crippen LogP contribution in [0.2, 0.25) is 0 Å². The van der Waals surface area contributed by atoms with Gasteiger partial charge >= 0.3 is 17.9 Å². The minimum atomic E-state index is -1.39. The first kappa shape index (κ1) is 35.9. The molecule has 5 rings (SSSR count). The van der Waals surface area contributed by atoms with Crippen molar-refractivity contribution in [1.29, 1.82) is 0 Å². The third-order valence-electron chi connectivity index (χ3n) is 10.5. The van der Waals surface area contributed by atoms with Crippen LogP contribution in [0.25, 0.3) is 0 Å². The highest BCUT2D eigenvalue weighted by molar-refractivity contribution is 6.17. The van der Waals surface area contributed by atoms with E-state index in [2.05, 4.69) is 4.98 Å². The molecular formula is C37H46ClNO9. The molecule has 0 spiro atoms. The van der Waals surface area contributed by atoms with Crippen molar-refractivity contribution in [3.8, 4) is 0 Å². The number of aromatic amines is 1. The number of carbonyl (C=O) groups excluding carboxylic acids is 3. The van der Waals surface area contributed by atoms with E-state index in [4.69, 9.17) is 30.5 Å².